The highest BCUT2D eigenvalue weighted by Crippen LogP contribution is 2.26. The van der Waals surface area contributed by atoms with E-state index in [0.29, 0.717) is 12.4 Å². The number of H-pyrrole nitrogens is 1. The maximum Gasteiger partial charge on any atom is 0.316 e. The van der Waals surface area contributed by atoms with E-state index in [1.165, 1.54) is 6.33 Å². The fourth-order valence-electron chi connectivity index (χ4n) is 2.06. The number of hydrogen-bond donors (Lipinski definition) is 3. The molecule has 1 heterocycles. The molecule has 0 bridgehead atoms. The van der Waals surface area contributed by atoms with Crippen LogP contribution in [0.25, 0.3) is 0 Å². The van der Waals surface area contributed by atoms with Crippen molar-refractivity contribution in [3.8, 4) is 5.75 Å². The Balaban J connectivity index is 2.06. The van der Waals surface area contributed by atoms with Gasteiger partial charge in [0.25, 0.3) is 0 Å². The number of ether oxygens (including phenoxy) is 1. The van der Waals surface area contributed by atoms with Crippen molar-refractivity contribution in [2.24, 2.45) is 0 Å². The maximum atomic E-state index is 12.0. The van der Waals surface area contributed by atoms with Crippen LogP contribution in [0.15, 0.2) is 24.5 Å². The van der Waals surface area contributed by atoms with E-state index >= 15 is 0 Å². The molecule has 23 heavy (non-hydrogen) atoms. The smallest absolute Gasteiger partial charge is 0.316 e. The fourth-order valence-corrected chi connectivity index (χ4v) is 2.06. The van der Waals surface area contributed by atoms with E-state index in [0.717, 1.165) is 11.1 Å². The first-order chi connectivity index (χ1) is 11.0. The van der Waals surface area contributed by atoms with Crippen molar-refractivity contribution in [2.45, 2.75) is 26.8 Å². The molecule has 1 atom stereocenters. The Kier molecular flexibility index (Phi) is 5.29. The molecule has 0 saturated carbocycles. The molecule has 2 amide bonds. The quantitative estimate of drug-likeness (QED) is 0.721. The summed E-state index contributed by atoms with van der Waals surface area (Å²) in [5, 5.41) is 11.0. The number of aromatic amines is 1. The van der Waals surface area contributed by atoms with Gasteiger partial charge in [-0.05, 0) is 26.8 Å². The maximum absolute atomic E-state index is 12.0. The molecule has 1 aromatic carbocycles. The number of benzene rings is 1. The zero-order chi connectivity index (χ0) is 16.8. The minimum atomic E-state index is -0.820. The third-order valence-electron chi connectivity index (χ3n) is 3.13. The van der Waals surface area contributed by atoms with Gasteiger partial charge in [-0.15, -0.1) is 0 Å². The van der Waals surface area contributed by atoms with Crippen molar-refractivity contribution in [3.05, 3.63) is 35.7 Å². The fraction of sp³-hybridized carbons (Fsp3) is 0.333. The topological polar surface area (TPSA) is 109 Å². The molecule has 0 aliphatic carbocycles. The van der Waals surface area contributed by atoms with E-state index in [2.05, 4.69) is 25.8 Å². The van der Waals surface area contributed by atoms with E-state index in [4.69, 9.17) is 4.74 Å². The van der Waals surface area contributed by atoms with Crippen LogP contribution in [0.5, 0.6) is 5.75 Å². The average Bonchev–Trinajstić information content (AvgIpc) is 3.02. The van der Waals surface area contributed by atoms with Crippen molar-refractivity contribution >= 4 is 17.8 Å². The van der Waals surface area contributed by atoms with Gasteiger partial charge in [-0.3, -0.25) is 14.9 Å². The van der Waals surface area contributed by atoms with Gasteiger partial charge < -0.3 is 10.1 Å². The Hall–Kier alpha value is -2.90. The number of nitrogens with zero attached hydrogens (tertiary/aromatic N) is 2. The number of amides is 2. The van der Waals surface area contributed by atoms with Crippen LogP contribution in [0.3, 0.4) is 0 Å². The van der Waals surface area contributed by atoms with E-state index in [1.807, 2.05) is 32.0 Å². The summed E-state index contributed by atoms with van der Waals surface area (Å²) in [5.74, 6) is -0.790. The van der Waals surface area contributed by atoms with Gasteiger partial charge >= 0.3 is 11.8 Å². The third kappa shape index (κ3) is 4.29. The molecular weight excluding hydrogens is 298 g/mol. The molecule has 2 rings (SSSR count). The van der Waals surface area contributed by atoms with Crippen LogP contribution in [0.2, 0.25) is 0 Å². The van der Waals surface area contributed by atoms with Gasteiger partial charge in [0.05, 0.1) is 12.6 Å². The molecule has 122 valence electrons. The summed E-state index contributed by atoms with van der Waals surface area (Å²) in [6.45, 7) is 6.14. The Labute approximate surface area is 133 Å². The van der Waals surface area contributed by atoms with Gasteiger partial charge in [0.2, 0.25) is 5.95 Å². The van der Waals surface area contributed by atoms with E-state index < -0.39 is 11.8 Å². The monoisotopic (exact) mass is 317 g/mol. The van der Waals surface area contributed by atoms with Crippen LogP contribution in [0.4, 0.5) is 5.95 Å². The van der Waals surface area contributed by atoms with E-state index in [-0.39, 0.29) is 12.0 Å². The molecule has 0 saturated heterocycles. The highest BCUT2D eigenvalue weighted by atomic mass is 16.5. The standard InChI is InChI=1S/C15H19N5O3/c1-4-23-12-6-5-9(2)7-11(12)10(3)18-13(21)14(22)19-15-16-8-17-20-15/h5-8,10H,4H2,1-3H3,(H,18,21)(H2,16,17,19,20,22). The molecule has 0 aliphatic heterocycles. The minimum absolute atomic E-state index is 0.114. The van der Waals surface area contributed by atoms with Crippen LogP contribution in [-0.2, 0) is 9.59 Å². The van der Waals surface area contributed by atoms with Crippen LogP contribution < -0.4 is 15.4 Å². The van der Waals surface area contributed by atoms with Crippen LogP contribution in [-0.4, -0.2) is 33.6 Å². The molecule has 1 aromatic heterocycles. The lowest BCUT2D eigenvalue weighted by atomic mass is 10.0. The Bertz CT molecular complexity index is 684. The van der Waals surface area contributed by atoms with E-state index in [9.17, 15) is 9.59 Å². The molecule has 0 aliphatic rings. The Morgan fingerprint density at radius 1 is 1.35 bits per heavy atom. The number of anilines is 1. The highest BCUT2D eigenvalue weighted by molar-refractivity contribution is 6.39. The molecule has 0 radical (unpaired) electrons. The Morgan fingerprint density at radius 2 is 2.13 bits per heavy atom. The summed E-state index contributed by atoms with van der Waals surface area (Å²) in [7, 11) is 0. The molecule has 8 heteroatoms. The molecule has 2 aromatic rings. The second kappa shape index (κ2) is 7.39. The van der Waals surface area contributed by atoms with Crippen molar-refractivity contribution < 1.29 is 14.3 Å². The lowest BCUT2D eigenvalue weighted by Gasteiger charge is -2.18. The minimum Gasteiger partial charge on any atom is -0.494 e. The average molecular weight is 317 g/mol. The number of hydrogen-bond acceptors (Lipinski definition) is 5. The molecule has 0 spiro atoms. The number of aromatic nitrogens is 3. The molecule has 1 unspecified atom stereocenters. The summed E-state index contributed by atoms with van der Waals surface area (Å²) in [6, 6.07) is 5.32. The van der Waals surface area contributed by atoms with Crippen LogP contribution >= 0.6 is 0 Å². The zero-order valence-corrected chi connectivity index (χ0v) is 13.2. The largest absolute Gasteiger partial charge is 0.494 e. The second-order valence-corrected chi connectivity index (χ2v) is 4.96. The SMILES string of the molecule is CCOc1ccc(C)cc1C(C)NC(=O)C(=O)Nc1ncn[nH]1. The third-order valence-corrected chi connectivity index (χ3v) is 3.13. The predicted octanol–water partition coefficient (Wildman–Crippen LogP) is 1.33. The number of nitrogens with one attached hydrogen (secondary N) is 3. The molecular formula is C15H19N5O3. The summed E-state index contributed by atoms with van der Waals surface area (Å²) in [5.41, 5.74) is 1.85. The molecule has 0 fully saturated rings. The number of carbonyl (C=O) groups is 2. The summed E-state index contributed by atoms with van der Waals surface area (Å²) < 4.78 is 5.57. The normalized spacial score (nSPS) is 11.6. The zero-order valence-electron chi connectivity index (χ0n) is 13.2. The summed E-state index contributed by atoms with van der Waals surface area (Å²) in [4.78, 5) is 27.5. The van der Waals surface area contributed by atoms with Gasteiger partial charge in [0, 0.05) is 5.56 Å². The first kappa shape index (κ1) is 16.5. The number of rotatable bonds is 5. The predicted molar refractivity (Wildman–Crippen MR) is 83.9 cm³/mol. The van der Waals surface area contributed by atoms with Crippen molar-refractivity contribution in [1.82, 2.24) is 20.5 Å². The van der Waals surface area contributed by atoms with Gasteiger partial charge in [0.1, 0.15) is 12.1 Å². The molecule has 8 nitrogen and oxygen atoms in total. The Morgan fingerprint density at radius 3 is 2.78 bits per heavy atom. The van der Waals surface area contributed by atoms with E-state index in [1.54, 1.807) is 6.92 Å². The highest BCUT2D eigenvalue weighted by Gasteiger charge is 2.20. The lowest BCUT2D eigenvalue weighted by Crippen LogP contribution is -2.37. The second-order valence-electron chi connectivity index (χ2n) is 4.96. The van der Waals surface area contributed by atoms with Gasteiger partial charge in [-0.1, -0.05) is 17.7 Å². The van der Waals surface area contributed by atoms with Crippen molar-refractivity contribution in [3.63, 3.8) is 0 Å². The van der Waals surface area contributed by atoms with Crippen LogP contribution in [0.1, 0.15) is 31.0 Å². The summed E-state index contributed by atoms with van der Waals surface area (Å²) >= 11 is 0. The number of carbonyl (C=O) groups excluding carboxylic acids is 2. The van der Waals surface area contributed by atoms with Gasteiger partial charge in [-0.2, -0.15) is 10.1 Å². The first-order valence-electron chi connectivity index (χ1n) is 7.21. The number of aryl methyl sites for hydroxylation is 1. The first-order valence-corrected chi connectivity index (χ1v) is 7.21. The van der Waals surface area contributed by atoms with Crippen molar-refractivity contribution in [2.75, 3.05) is 11.9 Å². The molecule has 3 N–H and O–H groups in total. The summed E-state index contributed by atoms with van der Waals surface area (Å²) in [6.07, 6.45) is 1.23. The van der Waals surface area contributed by atoms with Gasteiger partial charge in [0.15, 0.2) is 0 Å². The van der Waals surface area contributed by atoms with Crippen LogP contribution in [0, 0.1) is 6.92 Å². The van der Waals surface area contributed by atoms with Crippen molar-refractivity contribution in [1.29, 1.82) is 0 Å². The van der Waals surface area contributed by atoms with Gasteiger partial charge in [-0.25, -0.2) is 5.10 Å². The lowest BCUT2D eigenvalue weighted by molar-refractivity contribution is -0.136.